The van der Waals surface area contributed by atoms with Crippen LogP contribution in [0.5, 0.6) is 0 Å². The SMILES string of the molecule is CC(C)[SiH]1O[C@@H]2[C@@H](CO[Si](C(C)C)(C(C)C)O1)O[C@@H](n1ccc(N)nc1=O)[C@@]2(F)C#C[Si](C)(C)C. The van der Waals surface area contributed by atoms with Crippen molar-refractivity contribution in [1.82, 2.24) is 9.55 Å². The Morgan fingerprint density at radius 1 is 1.26 bits per heavy atom. The molecule has 12 heteroatoms. The van der Waals surface area contributed by atoms with Gasteiger partial charge in [0.1, 0.15) is 26.1 Å². The van der Waals surface area contributed by atoms with Crippen LogP contribution >= 0.6 is 0 Å². The number of rotatable bonds is 4. The zero-order chi connectivity index (χ0) is 26.3. The fourth-order valence-corrected chi connectivity index (χ4v) is 13.7. The molecule has 2 saturated heterocycles. The van der Waals surface area contributed by atoms with E-state index in [1.165, 1.54) is 12.3 Å². The summed E-state index contributed by atoms with van der Waals surface area (Å²) in [6.45, 7) is 18.7. The summed E-state index contributed by atoms with van der Waals surface area (Å²) in [5, 5.41) is 0. The van der Waals surface area contributed by atoms with Crippen molar-refractivity contribution in [3.8, 4) is 11.5 Å². The number of aromatic nitrogens is 2. The van der Waals surface area contributed by atoms with Gasteiger partial charge in [-0.25, -0.2) is 9.18 Å². The molecule has 2 fully saturated rings. The average molecular weight is 542 g/mol. The van der Waals surface area contributed by atoms with Gasteiger partial charge in [0.2, 0.25) is 5.67 Å². The molecule has 0 aliphatic carbocycles. The molecule has 0 radical (unpaired) electrons. The van der Waals surface area contributed by atoms with Gasteiger partial charge >= 0.3 is 23.5 Å². The van der Waals surface area contributed by atoms with E-state index >= 15 is 4.39 Å². The van der Waals surface area contributed by atoms with Crippen molar-refractivity contribution in [2.75, 3.05) is 12.3 Å². The normalized spacial score (nSPS) is 31.1. The maximum absolute atomic E-state index is 17.2. The Morgan fingerprint density at radius 3 is 2.40 bits per heavy atom. The summed E-state index contributed by atoms with van der Waals surface area (Å²) in [6, 6.07) is 1.44. The first-order valence-electron chi connectivity index (χ1n) is 12.3. The molecule has 0 amide bonds. The highest BCUT2D eigenvalue weighted by Crippen LogP contribution is 2.46. The predicted octanol–water partition coefficient (Wildman–Crippen LogP) is 3.64. The number of nitrogens with zero attached hydrogens (tertiary/aromatic N) is 2. The van der Waals surface area contributed by atoms with Crippen LogP contribution < -0.4 is 11.4 Å². The third kappa shape index (κ3) is 5.66. The molecule has 2 aliphatic heterocycles. The van der Waals surface area contributed by atoms with Gasteiger partial charge in [-0.15, -0.1) is 5.54 Å². The number of hydrogen-bond donors (Lipinski definition) is 1. The average Bonchev–Trinajstić information content (AvgIpc) is 2.97. The minimum absolute atomic E-state index is 0.0535. The molecule has 0 spiro atoms. The Bertz CT molecular complexity index is 1030. The summed E-state index contributed by atoms with van der Waals surface area (Å²) >= 11 is 0. The van der Waals surface area contributed by atoms with Crippen molar-refractivity contribution < 1.29 is 22.1 Å². The fraction of sp³-hybridized carbons (Fsp3) is 0.739. The van der Waals surface area contributed by atoms with Crippen molar-refractivity contribution in [1.29, 1.82) is 0 Å². The van der Waals surface area contributed by atoms with E-state index in [-0.39, 0.29) is 29.0 Å². The third-order valence-electron chi connectivity index (χ3n) is 6.36. The van der Waals surface area contributed by atoms with Crippen molar-refractivity contribution >= 4 is 31.7 Å². The zero-order valence-corrected chi connectivity index (χ0v) is 25.4. The van der Waals surface area contributed by atoms with E-state index in [0.717, 1.165) is 4.57 Å². The van der Waals surface area contributed by atoms with E-state index in [1.807, 2.05) is 33.5 Å². The van der Waals surface area contributed by atoms with Crippen molar-refractivity contribution in [2.45, 2.75) is 102 Å². The molecule has 2 aliphatic rings. The first-order valence-corrected chi connectivity index (χ1v) is 19.4. The number of hydrogen-bond acceptors (Lipinski definition) is 7. The molecule has 0 saturated carbocycles. The highest BCUT2D eigenvalue weighted by Gasteiger charge is 2.62. The fourth-order valence-electron chi connectivity index (χ4n) is 4.51. The third-order valence-corrected chi connectivity index (χ3v) is 15.1. The van der Waals surface area contributed by atoms with Crippen LogP contribution in [-0.4, -0.2) is 60.0 Å². The van der Waals surface area contributed by atoms with Gasteiger partial charge in [-0.3, -0.25) is 4.57 Å². The molecule has 1 aromatic rings. The van der Waals surface area contributed by atoms with E-state index in [2.05, 4.69) is 44.1 Å². The Hall–Kier alpha value is -1.34. The molecule has 2 N–H and O–H groups in total. The van der Waals surface area contributed by atoms with Crippen molar-refractivity contribution in [3.63, 3.8) is 0 Å². The lowest BCUT2D eigenvalue weighted by atomic mass is 9.97. The number of fused-ring (bicyclic) bond motifs is 1. The lowest BCUT2D eigenvalue weighted by Gasteiger charge is -2.44. The lowest BCUT2D eigenvalue weighted by molar-refractivity contribution is -0.0578. The molecule has 8 nitrogen and oxygen atoms in total. The van der Waals surface area contributed by atoms with Gasteiger partial charge < -0.3 is 23.4 Å². The van der Waals surface area contributed by atoms with E-state index in [9.17, 15) is 4.79 Å². The number of nitrogens with two attached hydrogens (primary N) is 1. The number of ether oxygens (including phenoxy) is 1. The van der Waals surface area contributed by atoms with Crippen LogP contribution in [0.1, 0.15) is 47.8 Å². The summed E-state index contributed by atoms with van der Waals surface area (Å²) in [4.78, 5) is 16.5. The van der Waals surface area contributed by atoms with Crippen LogP contribution in [0.4, 0.5) is 10.2 Å². The first-order chi connectivity index (χ1) is 16.1. The smallest absolute Gasteiger partial charge is 0.351 e. The summed E-state index contributed by atoms with van der Waals surface area (Å²) in [6.07, 6.45) is -1.77. The Kier molecular flexibility index (Phi) is 8.23. The molecule has 1 aromatic heterocycles. The second-order valence-corrected chi connectivity index (χ2v) is 23.5. The number of nitrogen functional groups attached to an aromatic ring is 1. The number of halogens is 1. The highest BCUT2D eigenvalue weighted by molar-refractivity contribution is 6.83. The number of anilines is 1. The lowest BCUT2D eigenvalue weighted by Crippen LogP contribution is -2.59. The maximum atomic E-state index is 17.2. The Balaban J connectivity index is 2.15. The monoisotopic (exact) mass is 541 g/mol. The minimum atomic E-state index is -2.71. The molecule has 196 valence electrons. The van der Waals surface area contributed by atoms with Crippen molar-refractivity contribution in [2.24, 2.45) is 0 Å². The second kappa shape index (κ2) is 10.2. The molecule has 35 heavy (non-hydrogen) atoms. The van der Waals surface area contributed by atoms with Gasteiger partial charge in [0, 0.05) is 6.20 Å². The van der Waals surface area contributed by atoms with Crippen LogP contribution in [0.15, 0.2) is 17.1 Å². The van der Waals surface area contributed by atoms with Crippen LogP contribution in [0, 0.1) is 11.5 Å². The first kappa shape index (κ1) is 28.2. The van der Waals surface area contributed by atoms with Gasteiger partial charge in [0.05, 0.1) is 6.61 Å². The summed E-state index contributed by atoms with van der Waals surface area (Å²) in [5.41, 5.74) is 6.21. The Labute approximate surface area is 211 Å². The van der Waals surface area contributed by atoms with E-state index < -0.39 is 55.7 Å². The largest absolute Gasteiger partial charge is 0.416 e. The summed E-state index contributed by atoms with van der Waals surface area (Å²) < 4.78 is 44.4. The van der Waals surface area contributed by atoms with Gasteiger partial charge in [-0.05, 0) is 22.7 Å². The van der Waals surface area contributed by atoms with Gasteiger partial charge in [-0.2, -0.15) is 4.98 Å². The predicted molar refractivity (Wildman–Crippen MR) is 142 cm³/mol. The van der Waals surface area contributed by atoms with Crippen LogP contribution in [-0.2, 0) is 17.7 Å². The minimum Gasteiger partial charge on any atom is -0.416 e. The quantitative estimate of drug-likeness (QED) is 0.459. The number of alkyl halides is 1. The molecule has 3 rings (SSSR count). The summed E-state index contributed by atoms with van der Waals surface area (Å²) in [7, 11) is -7.13. The Morgan fingerprint density at radius 2 is 1.89 bits per heavy atom. The van der Waals surface area contributed by atoms with Crippen molar-refractivity contribution in [3.05, 3.63) is 22.7 Å². The van der Waals surface area contributed by atoms with E-state index in [4.69, 9.17) is 23.4 Å². The zero-order valence-electron chi connectivity index (χ0n) is 22.3. The maximum Gasteiger partial charge on any atom is 0.351 e. The molecule has 0 aromatic carbocycles. The van der Waals surface area contributed by atoms with Gasteiger partial charge in [0.25, 0.3) is 0 Å². The van der Waals surface area contributed by atoms with Crippen LogP contribution in [0.25, 0.3) is 0 Å². The van der Waals surface area contributed by atoms with Gasteiger partial charge in [0.15, 0.2) is 6.23 Å². The summed E-state index contributed by atoms with van der Waals surface area (Å²) in [5.74, 6) is 2.91. The van der Waals surface area contributed by atoms with Crippen LogP contribution in [0.3, 0.4) is 0 Å². The van der Waals surface area contributed by atoms with Gasteiger partial charge in [-0.1, -0.05) is 67.1 Å². The molecule has 0 bridgehead atoms. The van der Waals surface area contributed by atoms with E-state index in [1.54, 1.807) is 0 Å². The highest BCUT2D eigenvalue weighted by atomic mass is 28.4. The van der Waals surface area contributed by atoms with E-state index in [0.29, 0.717) is 0 Å². The second-order valence-electron chi connectivity index (χ2n) is 11.5. The molecule has 1 unspecified atom stereocenters. The molecule has 5 atom stereocenters. The standard InChI is InChI=1S/C23H40FN3O5Si3/c1-15(2)33-31-20-18(14-29-35(32-33,16(3)4)17(5)6)30-21(23(20,24)11-13-34(7,8)9)27-12-10-19(25)26-22(27)28/h10,12,15-18,20-21,33H,14H2,1-9H3,(H2,25,26,28)/t18-,20-,21-,23-,33?/m1/s1. The molecular weight excluding hydrogens is 502 g/mol. The molecular formula is C23H40FN3O5Si3. The topological polar surface area (TPSA) is 97.8 Å². The van der Waals surface area contributed by atoms with Crippen LogP contribution in [0.2, 0.25) is 36.3 Å². The molecule has 3 heterocycles.